The molecule has 2 N–H and O–H groups in total. The lowest BCUT2D eigenvalue weighted by Crippen LogP contribution is -3.07. The molecule has 0 aliphatic carbocycles. The molecule has 0 saturated carbocycles. The Bertz CT molecular complexity index is 708. The molecule has 0 saturated heterocycles. The fourth-order valence-corrected chi connectivity index (χ4v) is 4.43. The Hall–Kier alpha value is -1.41. The molecule has 0 aliphatic rings. The summed E-state index contributed by atoms with van der Waals surface area (Å²) in [5.74, 6) is 0. The molecule has 0 bridgehead atoms. The molecule has 1 aromatic heterocycles. The van der Waals surface area contributed by atoms with E-state index in [-0.39, 0.29) is 6.04 Å². The normalized spacial score (nSPS) is 13.3. The molecule has 0 amide bonds. The van der Waals surface area contributed by atoms with E-state index in [0.717, 1.165) is 11.3 Å². The maximum absolute atomic E-state index is 12.3. The van der Waals surface area contributed by atoms with Crippen molar-refractivity contribution in [2.45, 2.75) is 10.3 Å². The molecule has 126 valence electrons. The number of nitrogens with one attached hydrogen (secondary N) is 2. The molecule has 2 aromatic rings. The molecule has 1 aromatic carbocycles. The van der Waals surface area contributed by atoms with Gasteiger partial charge in [0.05, 0.1) is 20.6 Å². The first-order valence-electron chi connectivity index (χ1n) is 7.42. The van der Waals surface area contributed by atoms with Crippen LogP contribution in [0.25, 0.3) is 0 Å². The highest BCUT2D eigenvalue weighted by Crippen LogP contribution is 2.18. The predicted molar refractivity (Wildman–Crippen MR) is 95.8 cm³/mol. The first-order valence-corrected chi connectivity index (χ1v) is 9.78. The van der Waals surface area contributed by atoms with E-state index in [4.69, 9.17) is 0 Å². The van der Waals surface area contributed by atoms with E-state index in [9.17, 15) is 8.42 Å². The van der Waals surface area contributed by atoms with Crippen molar-refractivity contribution >= 4 is 27.0 Å². The molecular weight excluding hydrogens is 330 g/mol. The van der Waals surface area contributed by atoms with Crippen molar-refractivity contribution in [1.82, 2.24) is 4.72 Å². The van der Waals surface area contributed by atoms with Crippen LogP contribution in [0, 0.1) is 0 Å². The third kappa shape index (κ3) is 4.54. The monoisotopic (exact) mass is 354 g/mol. The molecular formula is C16H24N3O2S2+. The van der Waals surface area contributed by atoms with E-state index < -0.39 is 10.0 Å². The summed E-state index contributed by atoms with van der Waals surface area (Å²) in [4.78, 5) is 3.22. The lowest BCUT2D eigenvalue weighted by molar-refractivity contribution is -0.890. The first-order chi connectivity index (χ1) is 10.8. The van der Waals surface area contributed by atoms with Crippen LogP contribution in [0.3, 0.4) is 0 Å². The number of benzene rings is 1. The third-order valence-electron chi connectivity index (χ3n) is 3.75. The number of hydrogen-bond donors (Lipinski definition) is 2. The fraction of sp³-hybridized carbons (Fsp3) is 0.375. The van der Waals surface area contributed by atoms with Gasteiger partial charge in [0, 0.05) is 25.3 Å². The van der Waals surface area contributed by atoms with Crippen molar-refractivity contribution in [2.75, 3.05) is 39.6 Å². The van der Waals surface area contributed by atoms with Gasteiger partial charge in [-0.15, -0.1) is 11.3 Å². The Kier molecular flexibility index (Phi) is 5.80. The van der Waals surface area contributed by atoms with Crippen LogP contribution in [0.15, 0.2) is 46.0 Å². The molecule has 0 radical (unpaired) electrons. The topological polar surface area (TPSA) is 53.9 Å². The van der Waals surface area contributed by atoms with Crippen molar-refractivity contribution < 1.29 is 13.3 Å². The van der Waals surface area contributed by atoms with Crippen molar-refractivity contribution in [2.24, 2.45) is 0 Å². The molecule has 1 atom stereocenters. The lowest BCUT2D eigenvalue weighted by atomic mass is 10.1. The van der Waals surface area contributed by atoms with Gasteiger partial charge >= 0.3 is 0 Å². The van der Waals surface area contributed by atoms with Crippen LogP contribution >= 0.6 is 11.3 Å². The van der Waals surface area contributed by atoms with Gasteiger partial charge in [-0.3, -0.25) is 0 Å². The average Bonchev–Trinajstić information content (AvgIpc) is 3.02. The number of quaternary nitrogens is 1. The van der Waals surface area contributed by atoms with E-state index in [1.54, 1.807) is 17.5 Å². The highest BCUT2D eigenvalue weighted by Gasteiger charge is 2.22. The zero-order chi connectivity index (χ0) is 17.0. The number of hydrogen-bond acceptors (Lipinski definition) is 4. The van der Waals surface area contributed by atoms with Gasteiger partial charge in [-0.2, -0.15) is 0 Å². The van der Waals surface area contributed by atoms with E-state index in [1.165, 1.54) is 16.2 Å². The average molecular weight is 355 g/mol. The van der Waals surface area contributed by atoms with Crippen LogP contribution in [-0.2, 0) is 10.0 Å². The van der Waals surface area contributed by atoms with Gasteiger partial charge in [0.1, 0.15) is 10.3 Å². The summed E-state index contributed by atoms with van der Waals surface area (Å²) >= 11 is 1.23. The summed E-state index contributed by atoms with van der Waals surface area (Å²) in [6.07, 6.45) is 0. The largest absolute Gasteiger partial charge is 0.378 e. The Balaban J connectivity index is 2.13. The smallest absolute Gasteiger partial charge is 0.250 e. The van der Waals surface area contributed by atoms with Crippen LogP contribution in [0.2, 0.25) is 0 Å². The van der Waals surface area contributed by atoms with Crippen LogP contribution in [0.5, 0.6) is 0 Å². The zero-order valence-electron chi connectivity index (χ0n) is 13.9. The van der Waals surface area contributed by atoms with Gasteiger partial charge in [0.15, 0.2) is 0 Å². The summed E-state index contributed by atoms with van der Waals surface area (Å²) in [6, 6.07) is 11.7. The minimum Gasteiger partial charge on any atom is -0.378 e. The third-order valence-corrected chi connectivity index (χ3v) is 6.57. The summed E-state index contributed by atoms with van der Waals surface area (Å²) in [5, 5.41) is 1.77. The summed E-state index contributed by atoms with van der Waals surface area (Å²) in [6.45, 7) is 0.365. The maximum Gasteiger partial charge on any atom is 0.250 e. The molecule has 0 unspecified atom stereocenters. The molecule has 1 heterocycles. The Morgan fingerprint density at radius 3 is 2.30 bits per heavy atom. The lowest BCUT2D eigenvalue weighted by Gasteiger charge is -2.23. The second kappa shape index (κ2) is 7.44. The molecule has 0 aliphatic heterocycles. The van der Waals surface area contributed by atoms with Gasteiger partial charge in [0.25, 0.3) is 0 Å². The molecule has 7 heteroatoms. The Morgan fingerprint density at radius 1 is 1.17 bits per heavy atom. The quantitative estimate of drug-likeness (QED) is 0.779. The van der Waals surface area contributed by atoms with Gasteiger partial charge in [0.2, 0.25) is 10.0 Å². The predicted octanol–water partition coefficient (Wildman–Crippen LogP) is 0.978. The van der Waals surface area contributed by atoms with Crippen LogP contribution in [-0.4, -0.2) is 43.2 Å². The Morgan fingerprint density at radius 2 is 1.83 bits per heavy atom. The summed E-state index contributed by atoms with van der Waals surface area (Å²) in [7, 11) is 4.63. The Labute approximate surface area is 142 Å². The second-order valence-corrected chi connectivity index (χ2v) is 8.84. The number of likely N-dealkylation sites (N-methyl/N-ethyl adjacent to an activating group) is 1. The number of nitrogens with zero attached hydrogens (tertiary/aromatic N) is 1. The standard InChI is InChI=1S/C16H23N3O2S2/c1-18(2)14-9-7-13(8-10-14)15(19(3)4)12-17-23(20,21)16-6-5-11-22-16/h5-11,15,17H,12H2,1-4H3/p+1/t15-/m0/s1. The van der Waals surface area contributed by atoms with Crippen molar-refractivity contribution in [3.63, 3.8) is 0 Å². The maximum atomic E-state index is 12.3. The summed E-state index contributed by atoms with van der Waals surface area (Å²) < 4.78 is 27.6. The van der Waals surface area contributed by atoms with E-state index >= 15 is 0 Å². The van der Waals surface area contributed by atoms with E-state index in [1.807, 2.05) is 33.1 Å². The SMILES string of the molecule is CN(C)c1ccc([C@H](CNS(=O)(=O)c2cccs2)[NH+](C)C)cc1. The number of sulfonamides is 1. The van der Waals surface area contributed by atoms with E-state index in [0.29, 0.717) is 10.8 Å². The van der Waals surface area contributed by atoms with Gasteiger partial charge in [-0.1, -0.05) is 18.2 Å². The molecule has 0 spiro atoms. The van der Waals surface area contributed by atoms with Gasteiger partial charge in [-0.25, -0.2) is 13.1 Å². The zero-order valence-corrected chi connectivity index (χ0v) is 15.5. The molecule has 2 rings (SSSR count). The number of rotatable bonds is 7. The van der Waals surface area contributed by atoms with Crippen LogP contribution in [0.1, 0.15) is 11.6 Å². The van der Waals surface area contributed by atoms with Gasteiger partial charge < -0.3 is 9.80 Å². The highest BCUT2D eigenvalue weighted by atomic mass is 32.2. The number of anilines is 1. The molecule has 23 heavy (non-hydrogen) atoms. The minimum absolute atomic E-state index is 0.0564. The van der Waals surface area contributed by atoms with Gasteiger partial charge in [-0.05, 0) is 23.6 Å². The fourth-order valence-electron chi connectivity index (χ4n) is 2.34. The molecule has 0 fully saturated rings. The minimum atomic E-state index is -3.43. The first kappa shape index (κ1) is 17.9. The highest BCUT2D eigenvalue weighted by molar-refractivity contribution is 7.91. The number of thiophene rings is 1. The van der Waals surface area contributed by atoms with Crippen molar-refractivity contribution in [3.05, 3.63) is 47.3 Å². The van der Waals surface area contributed by atoms with E-state index in [2.05, 4.69) is 29.0 Å². The van der Waals surface area contributed by atoms with Crippen LogP contribution < -0.4 is 14.5 Å². The second-order valence-electron chi connectivity index (χ2n) is 5.90. The van der Waals surface area contributed by atoms with Crippen molar-refractivity contribution in [1.29, 1.82) is 0 Å². The van der Waals surface area contributed by atoms with Crippen LogP contribution in [0.4, 0.5) is 5.69 Å². The summed E-state index contributed by atoms with van der Waals surface area (Å²) in [5.41, 5.74) is 2.24. The van der Waals surface area contributed by atoms with Crippen molar-refractivity contribution in [3.8, 4) is 0 Å². The molecule has 5 nitrogen and oxygen atoms in total.